The summed E-state index contributed by atoms with van der Waals surface area (Å²) in [6, 6.07) is 16.7. The highest BCUT2D eigenvalue weighted by atomic mass is 35.5. The van der Waals surface area contributed by atoms with Crippen molar-refractivity contribution in [2.45, 2.75) is 26.2 Å². The largest absolute Gasteiger partial charge is 0.368 e. The maximum atomic E-state index is 12.3. The Morgan fingerprint density at radius 2 is 1.81 bits per heavy atom. The number of halogens is 1. The Kier molecular flexibility index (Phi) is 6.66. The van der Waals surface area contributed by atoms with Crippen LogP contribution in [0.15, 0.2) is 60.8 Å². The van der Waals surface area contributed by atoms with Crippen LogP contribution >= 0.6 is 11.6 Å². The molecular formula is C24H25ClN6O. The van der Waals surface area contributed by atoms with E-state index in [0.717, 1.165) is 29.0 Å². The van der Waals surface area contributed by atoms with Crippen LogP contribution in [0.3, 0.4) is 0 Å². The van der Waals surface area contributed by atoms with Crippen LogP contribution in [-0.2, 0) is 0 Å². The van der Waals surface area contributed by atoms with Crippen molar-refractivity contribution in [3.05, 3.63) is 77.2 Å². The topological polar surface area (TPSA) is 84.7 Å². The number of aromatic nitrogens is 4. The van der Waals surface area contributed by atoms with E-state index >= 15 is 0 Å². The van der Waals surface area contributed by atoms with Gasteiger partial charge in [-0.15, -0.1) is 0 Å². The average Bonchev–Trinajstić information content (AvgIpc) is 3.26. The lowest BCUT2D eigenvalue weighted by molar-refractivity contribution is 0.0955. The molecule has 0 aliphatic carbocycles. The van der Waals surface area contributed by atoms with Gasteiger partial charge < -0.3 is 10.6 Å². The van der Waals surface area contributed by atoms with Crippen molar-refractivity contribution in [1.29, 1.82) is 0 Å². The van der Waals surface area contributed by atoms with E-state index in [0.29, 0.717) is 29.5 Å². The number of hydrogen-bond donors (Lipinski definition) is 2. The van der Waals surface area contributed by atoms with Crippen LogP contribution in [0.25, 0.3) is 16.7 Å². The van der Waals surface area contributed by atoms with Gasteiger partial charge in [0.2, 0.25) is 0 Å². The fraction of sp³-hybridized carbons (Fsp3) is 0.250. The Balaban J connectivity index is 1.53. The zero-order valence-electron chi connectivity index (χ0n) is 18.0. The number of nitrogens with one attached hydrogen (secondary N) is 2. The van der Waals surface area contributed by atoms with Gasteiger partial charge in [-0.05, 0) is 42.8 Å². The highest BCUT2D eigenvalue weighted by Gasteiger charge is 2.16. The number of carbonyl (C=O) groups is 1. The highest BCUT2D eigenvalue weighted by molar-refractivity contribution is 6.30. The predicted molar refractivity (Wildman–Crippen MR) is 128 cm³/mol. The van der Waals surface area contributed by atoms with E-state index < -0.39 is 0 Å². The first-order valence-electron chi connectivity index (χ1n) is 10.7. The molecule has 0 fully saturated rings. The molecule has 0 saturated heterocycles. The number of fused-ring (bicyclic) bond motifs is 1. The number of benzene rings is 2. The van der Waals surface area contributed by atoms with Gasteiger partial charge in [0.1, 0.15) is 11.6 Å². The Morgan fingerprint density at radius 3 is 2.53 bits per heavy atom. The van der Waals surface area contributed by atoms with Crippen molar-refractivity contribution in [3.8, 4) is 5.69 Å². The molecule has 0 aliphatic heterocycles. The summed E-state index contributed by atoms with van der Waals surface area (Å²) in [7, 11) is 0. The maximum Gasteiger partial charge on any atom is 0.251 e. The minimum absolute atomic E-state index is 0.145. The number of nitrogens with zero attached hydrogens (tertiary/aromatic N) is 4. The number of rotatable bonds is 8. The Labute approximate surface area is 191 Å². The van der Waals surface area contributed by atoms with Crippen LogP contribution in [0.2, 0.25) is 5.02 Å². The molecule has 8 heteroatoms. The van der Waals surface area contributed by atoms with Crippen molar-refractivity contribution in [1.82, 2.24) is 25.1 Å². The van der Waals surface area contributed by atoms with Crippen LogP contribution in [0, 0.1) is 0 Å². The van der Waals surface area contributed by atoms with Gasteiger partial charge in [0, 0.05) is 29.6 Å². The lowest BCUT2D eigenvalue weighted by atomic mass is 10.1. The number of carbonyl (C=O) groups excluding carboxylic acids is 1. The Morgan fingerprint density at radius 1 is 1.06 bits per heavy atom. The highest BCUT2D eigenvalue weighted by Crippen LogP contribution is 2.26. The van der Waals surface area contributed by atoms with E-state index in [2.05, 4.69) is 29.6 Å². The summed E-state index contributed by atoms with van der Waals surface area (Å²) in [5.74, 6) is 1.55. The minimum Gasteiger partial charge on any atom is -0.368 e. The normalized spacial score (nSPS) is 12.0. The van der Waals surface area contributed by atoms with Crippen LogP contribution < -0.4 is 10.6 Å². The van der Waals surface area contributed by atoms with Crippen molar-refractivity contribution in [3.63, 3.8) is 0 Å². The fourth-order valence-corrected chi connectivity index (χ4v) is 3.41. The molecule has 7 nitrogen and oxygen atoms in total. The summed E-state index contributed by atoms with van der Waals surface area (Å²) < 4.78 is 1.83. The minimum atomic E-state index is -0.145. The molecule has 2 aromatic carbocycles. The smallest absolute Gasteiger partial charge is 0.251 e. The van der Waals surface area contributed by atoms with Gasteiger partial charge in [-0.3, -0.25) is 4.79 Å². The third kappa shape index (κ3) is 4.73. The van der Waals surface area contributed by atoms with E-state index in [9.17, 15) is 4.79 Å². The van der Waals surface area contributed by atoms with Gasteiger partial charge in [-0.2, -0.15) is 5.10 Å². The monoisotopic (exact) mass is 448 g/mol. The molecule has 0 bridgehead atoms. The van der Waals surface area contributed by atoms with Gasteiger partial charge in [-0.25, -0.2) is 14.6 Å². The van der Waals surface area contributed by atoms with Crippen molar-refractivity contribution >= 4 is 34.4 Å². The Bertz CT molecular complexity index is 1210. The first-order chi connectivity index (χ1) is 15.6. The molecule has 0 spiro atoms. The summed E-state index contributed by atoms with van der Waals surface area (Å²) in [4.78, 5) is 21.9. The molecule has 164 valence electrons. The second-order valence-corrected chi connectivity index (χ2v) is 7.99. The summed E-state index contributed by atoms with van der Waals surface area (Å²) in [6.45, 7) is 5.19. The molecule has 2 aromatic heterocycles. The first-order valence-corrected chi connectivity index (χ1v) is 11.0. The maximum absolute atomic E-state index is 12.3. The molecule has 0 radical (unpaired) electrons. The number of para-hydroxylation sites is 1. The first kappa shape index (κ1) is 21.8. The molecule has 4 aromatic rings. The molecule has 1 atom stereocenters. The third-order valence-electron chi connectivity index (χ3n) is 5.31. The van der Waals surface area contributed by atoms with Crippen LogP contribution in [0.4, 0.5) is 5.82 Å². The van der Waals surface area contributed by atoms with E-state index in [1.165, 1.54) is 0 Å². The molecule has 32 heavy (non-hydrogen) atoms. The second-order valence-electron chi connectivity index (χ2n) is 7.56. The quantitative estimate of drug-likeness (QED) is 0.377. The molecule has 2 heterocycles. The van der Waals surface area contributed by atoms with Gasteiger partial charge in [0.05, 0.1) is 17.3 Å². The van der Waals surface area contributed by atoms with Crippen molar-refractivity contribution in [2.75, 3.05) is 18.4 Å². The molecule has 0 unspecified atom stereocenters. The summed E-state index contributed by atoms with van der Waals surface area (Å²) >= 11 is 5.88. The Hall–Kier alpha value is -3.45. The van der Waals surface area contributed by atoms with E-state index in [4.69, 9.17) is 21.6 Å². The lowest BCUT2D eigenvalue weighted by Crippen LogP contribution is -2.29. The molecular weight excluding hydrogens is 424 g/mol. The summed E-state index contributed by atoms with van der Waals surface area (Å²) in [5.41, 5.74) is 2.27. The number of amides is 1. The van der Waals surface area contributed by atoms with Crippen LogP contribution in [-0.4, -0.2) is 38.7 Å². The second kappa shape index (κ2) is 9.78. The third-order valence-corrected chi connectivity index (χ3v) is 5.56. The van der Waals surface area contributed by atoms with Gasteiger partial charge in [0.25, 0.3) is 5.91 Å². The van der Waals surface area contributed by atoms with E-state index in [1.807, 2.05) is 35.0 Å². The number of hydrogen-bond acceptors (Lipinski definition) is 5. The predicted octanol–water partition coefficient (Wildman–Crippen LogP) is 4.82. The molecule has 0 saturated carbocycles. The average molecular weight is 449 g/mol. The SMILES string of the molecule is CC[C@H](C)c1nc(NCCNC(=O)c2ccc(Cl)cc2)c2cnn(-c3ccccc3)c2n1. The van der Waals surface area contributed by atoms with Crippen LogP contribution in [0.1, 0.15) is 42.4 Å². The van der Waals surface area contributed by atoms with Gasteiger partial charge >= 0.3 is 0 Å². The molecule has 0 aliphatic rings. The van der Waals surface area contributed by atoms with Gasteiger partial charge in [0.15, 0.2) is 5.65 Å². The van der Waals surface area contributed by atoms with Crippen molar-refractivity contribution < 1.29 is 4.79 Å². The lowest BCUT2D eigenvalue weighted by Gasteiger charge is -2.13. The fourth-order valence-electron chi connectivity index (χ4n) is 3.28. The van der Waals surface area contributed by atoms with Crippen LogP contribution in [0.5, 0.6) is 0 Å². The zero-order chi connectivity index (χ0) is 22.5. The summed E-state index contributed by atoms with van der Waals surface area (Å²) in [5, 5.41) is 12.2. The van der Waals surface area contributed by atoms with Gasteiger partial charge in [-0.1, -0.05) is 43.6 Å². The van der Waals surface area contributed by atoms with Crippen molar-refractivity contribution in [2.24, 2.45) is 0 Å². The molecule has 1 amide bonds. The standard InChI is InChI=1S/C24H25ClN6O/c1-3-16(2)21-29-22(26-13-14-27-24(32)17-9-11-18(25)12-10-17)20-15-28-31(23(20)30-21)19-7-5-4-6-8-19/h4-12,15-16H,3,13-14H2,1-2H3,(H,27,32)(H,26,29,30)/t16-/m0/s1. The van der Waals surface area contributed by atoms with E-state index in [1.54, 1.807) is 30.5 Å². The number of anilines is 1. The summed E-state index contributed by atoms with van der Waals surface area (Å²) in [6.07, 6.45) is 2.71. The van der Waals surface area contributed by atoms with E-state index in [-0.39, 0.29) is 11.8 Å². The zero-order valence-corrected chi connectivity index (χ0v) is 18.8. The molecule has 4 rings (SSSR count). The molecule has 2 N–H and O–H groups in total.